The Morgan fingerprint density at radius 1 is 1.17 bits per heavy atom. The van der Waals surface area contributed by atoms with E-state index < -0.39 is 60.0 Å². The highest BCUT2D eigenvalue weighted by atomic mass is 19.3. The molecule has 0 unspecified atom stereocenters. The lowest BCUT2D eigenvalue weighted by Crippen LogP contribution is -2.59. The topological polar surface area (TPSA) is 119 Å². The van der Waals surface area contributed by atoms with Crippen LogP contribution in [0, 0.1) is 11.6 Å². The van der Waals surface area contributed by atoms with E-state index in [2.05, 4.69) is 19.8 Å². The van der Waals surface area contributed by atoms with E-state index in [-0.39, 0.29) is 58.6 Å². The molecule has 1 fully saturated rings. The lowest BCUT2D eigenvalue weighted by atomic mass is 9.66. The number of fused-ring (bicyclic) bond motifs is 9. The molecule has 1 saturated carbocycles. The summed E-state index contributed by atoms with van der Waals surface area (Å²) in [5, 5.41) is 14.5. The van der Waals surface area contributed by atoms with Gasteiger partial charge in [0.05, 0.1) is 34.6 Å². The van der Waals surface area contributed by atoms with E-state index in [1.807, 2.05) is 0 Å². The molecular formula is C28H24F4N6O3. The van der Waals surface area contributed by atoms with Gasteiger partial charge in [0.2, 0.25) is 0 Å². The van der Waals surface area contributed by atoms with Crippen LogP contribution in [0.3, 0.4) is 0 Å². The fraction of sp³-hybridized carbons (Fsp3) is 0.357. The molecule has 13 heteroatoms. The average Bonchev–Trinajstić information content (AvgIpc) is 3.39. The number of rotatable bonds is 4. The van der Waals surface area contributed by atoms with Gasteiger partial charge in [-0.05, 0) is 31.5 Å². The first kappa shape index (κ1) is 22.6. The van der Waals surface area contributed by atoms with Gasteiger partial charge in [0.15, 0.2) is 11.6 Å². The van der Waals surface area contributed by atoms with E-state index in [0.717, 1.165) is 18.3 Å². The zero-order chi connectivity index (χ0) is 31.5. The lowest BCUT2D eigenvalue weighted by Gasteiger charge is -2.48. The van der Waals surface area contributed by atoms with E-state index >= 15 is 4.39 Å². The summed E-state index contributed by atoms with van der Waals surface area (Å²) in [4.78, 5) is 22.8. The summed E-state index contributed by atoms with van der Waals surface area (Å²) in [5.74, 6) is -4.50. The fourth-order valence-electron chi connectivity index (χ4n) is 6.65. The highest BCUT2D eigenvalue weighted by Crippen LogP contribution is 2.54. The molecule has 1 aliphatic heterocycles. The van der Waals surface area contributed by atoms with Crippen LogP contribution in [0.2, 0.25) is 0 Å². The number of benzene rings is 1. The number of aromatic nitrogens is 4. The van der Waals surface area contributed by atoms with Gasteiger partial charge in [-0.2, -0.15) is 13.9 Å². The third-order valence-electron chi connectivity index (χ3n) is 8.18. The van der Waals surface area contributed by atoms with Crippen LogP contribution in [0.25, 0.3) is 16.6 Å². The van der Waals surface area contributed by atoms with Gasteiger partial charge < -0.3 is 20.5 Å². The standard InChI is InChI=1S/C28H24F4N6O3/c1-27(40)10-28(33,11-27)25-34-7-12(8-35-25)14-5-18-21-15-6-19(22(21)36-38(18)9-17(14)30)37(2)24(39)13-3-4-16(29)23(20(13)15)41-26(31)32/h3-5,7-9,15,19,26,40H,6,10-11,33H2,1-2H3/t15-,19-,27?,28?/m1/s1/i2D3. The Bertz CT molecular complexity index is 1860. The van der Waals surface area contributed by atoms with Gasteiger partial charge in [-0.25, -0.2) is 23.3 Å². The molecule has 2 aliphatic carbocycles. The van der Waals surface area contributed by atoms with Crippen LogP contribution < -0.4 is 10.5 Å². The molecule has 1 aromatic carbocycles. The number of carbonyl (C=O) groups excluding carboxylic acids is 1. The van der Waals surface area contributed by atoms with E-state index in [1.165, 1.54) is 23.0 Å². The van der Waals surface area contributed by atoms with Crippen molar-refractivity contribution in [3.63, 3.8) is 0 Å². The molecule has 2 bridgehead atoms. The maximum absolute atomic E-state index is 15.5. The number of nitrogens with two attached hydrogens (primary N) is 1. The van der Waals surface area contributed by atoms with Gasteiger partial charge in [0, 0.05) is 70.1 Å². The largest absolute Gasteiger partial charge is 0.431 e. The number of alkyl halides is 2. The number of halogens is 4. The Hall–Kier alpha value is -4.10. The molecule has 7 rings (SSSR count). The lowest BCUT2D eigenvalue weighted by molar-refractivity contribution is -0.0769. The van der Waals surface area contributed by atoms with Crippen LogP contribution in [0.1, 0.15) is 75.3 Å². The van der Waals surface area contributed by atoms with Gasteiger partial charge in [0.1, 0.15) is 11.6 Å². The van der Waals surface area contributed by atoms with Crippen molar-refractivity contribution in [3.8, 4) is 16.9 Å². The molecule has 3 aromatic heterocycles. The quantitative estimate of drug-likeness (QED) is 0.355. The van der Waals surface area contributed by atoms with Crippen LogP contribution in [0.5, 0.6) is 5.75 Å². The van der Waals surface area contributed by atoms with Crippen molar-refractivity contribution in [1.82, 2.24) is 24.5 Å². The fourth-order valence-corrected chi connectivity index (χ4v) is 6.65. The SMILES string of the molecule is [2H]C([2H])([2H])N1C(=O)c2ccc(F)c(OC(F)F)c2[C@H]2C[C@@H]1c1nn3cc(F)c(-c4cnc(C5(N)CC(C)(O)C5)nc4)cc3c12. The van der Waals surface area contributed by atoms with Crippen molar-refractivity contribution in [2.75, 3.05) is 6.98 Å². The minimum Gasteiger partial charge on any atom is -0.431 e. The van der Waals surface area contributed by atoms with E-state index in [9.17, 15) is 23.1 Å². The van der Waals surface area contributed by atoms with Crippen molar-refractivity contribution in [2.24, 2.45) is 5.73 Å². The smallest absolute Gasteiger partial charge is 0.387 e. The maximum atomic E-state index is 15.5. The molecule has 4 heterocycles. The summed E-state index contributed by atoms with van der Waals surface area (Å²) in [6, 6.07) is 2.09. The van der Waals surface area contributed by atoms with Gasteiger partial charge in [-0.1, -0.05) is 0 Å². The second kappa shape index (κ2) is 8.46. The zero-order valence-electron chi connectivity index (χ0n) is 24.4. The highest BCUT2D eigenvalue weighted by Gasteiger charge is 2.51. The first-order valence-electron chi connectivity index (χ1n) is 14.2. The molecule has 0 radical (unpaired) electrons. The van der Waals surface area contributed by atoms with Gasteiger partial charge in [-0.15, -0.1) is 0 Å². The summed E-state index contributed by atoms with van der Waals surface area (Å²) < 4.78 is 87.4. The van der Waals surface area contributed by atoms with Crippen LogP contribution in [0.4, 0.5) is 17.6 Å². The van der Waals surface area contributed by atoms with Crippen molar-refractivity contribution in [3.05, 3.63) is 76.6 Å². The summed E-state index contributed by atoms with van der Waals surface area (Å²) in [6.07, 6.45) is 4.21. The molecule has 0 saturated heterocycles. The van der Waals surface area contributed by atoms with E-state index in [0.29, 0.717) is 10.5 Å². The number of aliphatic hydroxyl groups is 1. The third-order valence-corrected chi connectivity index (χ3v) is 8.18. The summed E-state index contributed by atoms with van der Waals surface area (Å²) >= 11 is 0. The van der Waals surface area contributed by atoms with Gasteiger partial charge >= 0.3 is 6.61 Å². The number of ether oxygens (including phenoxy) is 1. The van der Waals surface area contributed by atoms with Gasteiger partial charge in [0.25, 0.3) is 5.91 Å². The second-order valence-corrected chi connectivity index (χ2v) is 11.2. The number of carbonyl (C=O) groups is 1. The van der Waals surface area contributed by atoms with Crippen LogP contribution >= 0.6 is 0 Å². The third kappa shape index (κ3) is 3.75. The number of hydrogen-bond acceptors (Lipinski definition) is 7. The number of amides is 1. The molecule has 0 spiro atoms. The molecule has 3 aliphatic rings. The zero-order valence-corrected chi connectivity index (χ0v) is 21.4. The minimum absolute atomic E-state index is 0.0463. The molecule has 1 amide bonds. The van der Waals surface area contributed by atoms with Gasteiger partial charge in [-0.3, -0.25) is 4.79 Å². The summed E-state index contributed by atoms with van der Waals surface area (Å²) in [5.41, 5.74) is 4.95. The molecule has 4 aromatic rings. The minimum atomic E-state index is -3.43. The first-order valence-corrected chi connectivity index (χ1v) is 12.7. The molecule has 212 valence electrons. The van der Waals surface area contributed by atoms with Crippen molar-refractivity contribution >= 4 is 11.4 Å². The highest BCUT2D eigenvalue weighted by molar-refractivity contribution is 5.98. The predicted octanol–water partition coefficient (Wildman–Crippen LogP) is 4.03. The molecule has 9 nitrogen and oxygen atoms in total. The second-order valence-electron chi connectivity index (χ2n) is 11.2. The number of hydrogen-bond donors (Lipinski definition) is 2. The molecule has 3 N–H and O–H groups in total. The first-order chi connectivity index (χ1) is 20.6. The Kier molecular flexibility index (Phi) is 4.66. The predicted molar refractivity (Wildman–Crippen MR) is 136 cm³/mol. The summed E-state index contributed by atoms with van der Waals surface area (Å²) in [6.45, 7) is -4.76. The molecule has 41 heavy (non-hydrogen) atoms. The van der Waals surface area contributed by atoms with E-state index in [4.69, 9.17) is 9.85 Å². The van der Waals surface area contributed by atoms with Crippen molar-refractivity contribution in [2.45, 2.75) is 55.9 Å². The Balaban J connectivity index is 1.40. The Morgan fingerprint density at radius 3 is 2.56 bits per heavy atom. The monoisotopic (exact) mass is 571 g/mol. The number of pyridine rings is 1. The molecule has 2 atom stereocenters. The summed E-state index contributed by atoms with van der Waals surface area (Å²) in [7, 11) is 0. The normalized spacial score (nSPS) is 28.0. The van der Waals surface area contributed by atoms with Crippen LogP contribution in [-0.4, -0.2) is 54.7 Å². The number of nitrogens with zero attached hydrogens (tertiary/aromatic N) is 5. The van der Waals surface area contributed by atoms with Crippen molar-refractivity contribution < 1.29 is 36.3 Å². The van der Waals surface area contributed by atoms with Crippen LogP contribution in [-0.2, 0) is 5.54 Å². The van der Waals surface area contributed by atoms with E-state index in [1.54, 1.807) is 6.92 Å². The molecular weight excluding hydrogens is 544 g/mol. The van der Waals surface area contributed by atoms with Crippen molar-refractivity contribution in [1.29, 1.82) is 0 Å². The Labute approximate surface area is 234 Å². The average molecular weight is 572 g/mol. The Morgan fingerprint density at radius 2 is 1.90 bits per heavy atom. The maximum Gasteiger partial charge on any atom is 0.387 e. The van der Waals surface area contributed by atoms with Crippen LogP contribution in [0.15, 0.2) is 36.8 Å².